The molecule has 0 spiro atoms. The summed E-state index contributed by atoms with van der Waals surface area (Å²) in [5.41, 5.74) is 3.48. The molecule has 0 saturated carbocycles. The average molecular weight is 431 g/mol. The van der Waals surface area contributed by atoms with Gasteiger partial charge in [0.25, 0.3) is 0 Å². The van der Waals surface area contributed by atoms with Crippen LogP contribution >= 0.6 is 0 Å². The molecule has 0 unspecified atom stereocenters. The lowest BCUT2D eigenvalue weighted by Gasteiger charge is -2.09. The zero-order valence-corrected chi connectivity index (χ0v) is 19.0. The van der Waals surface area contributed by atoms with Crippen LogP contribution in [0.4, 0.5) is 4.39 Å². The molecule has 166 valence electrons. The molecular weight excluding hydrogens is 399 g/mol. The number of halogens is 1. The minimum atomic E-state index is -0.491. The van der Waals surface area contributed by atoms with Gasteiger partial charge in [0.1, 0.15) is 0 Å². The van der Waals surface area contributed by atoms with Gasteiger partial charge in [0, 0.05) is 10.8 Å². The first-order chi connectivity index (χ1) is 15.6. The summed E-state index contributed by atoms with van der Waals surface area (Å²) in [5.74, 6) is -0.394. The molecule has 3 aromatic carbocycles. The summed E-state index contributed by atoms with van der Waals surface area (Å²) in [6, 6.07) is 17.8. The smallest absolute Gasteiger partial charge is 0.344 e. The summed E-state index contributed by atoms with van der Waals surface area (Å²) in [5, 5.41) is 1.87. The highest BCUT2D eigenvalue weighted by molar-refractivity contribution is 6.05. The molecule has 0 amide bonds. The normalized spacial score (nSPS) is 11.5. The Balaban J connectivity index is 1.64. The molecule has 0 aliphatic carbocycles. The van der Waals surface area contributed by atoms with E-state index in [1.54, 1.807) is 0 Å². The van der Waals surface area contributed by atoms with Crippen LogP contribution in [-0.4, -0.2) is 0 Å². The minimum Gasteiger partial charge on any atom is -0.419 e. The van der Waals surface area contributed by atoms with Gasteiger partial charge in [-0.1, -0.05) is 94.5 Å². The molecule has 1 heterocycles. The zero-order chi connectivity index (χ0) is 22.5. The van der Waals surface area contributed by atoms with E-state index in [2.05, 4.69) is 38.1 Å². The second-order valence-electron chi connectivity index (χ2n) is 8.63. The third kappa shape index (κ3) is 4.62. The Hall–Kier alpha value is -2.94. The summed E-state index contributed by atoms with van der Waals surface area (Å²) in [6.45, 7) is 4.33. The van der Waals surface area contributed by atoms with Crippen LogP contribution in [-0.2, 0) is 12.8 Å². The van der Waals surface area contributed by atoms with Crippen LogP contribution in [0.2, 0.25) is 0 Å². The van der Waals surface area contributed by atoms with E-state index in [1.807, 2.05) is 30.3 Å². The van der Waals surface area contributed by atoms with Crippen molar-refractivity contribution in [3.63, 3.8) is 0 Å². The first-order valence-electron chi connectivity index (χ1n) is 11.9. The van der Waals surface area contributed by atoms with Crippen LogP contribution in [0.1, 0.15) is 63.5 Å². The van der Waals surface area contributed by atoms with Crippen molar-refractivity contribution in [2.75, 3.05) is 0 Å². The van der Waals surface area contributed by atoms with Gasteiger partial charge in [0.2, 0.25) is 0 Å². The molecule has 1 aromatic heterocycles. The molecule has 0 N–H and O–H groups in total. The SMILES string of the molecule is CCCCCCCCc1ccc2c(oc(=O)c3cc(-c4ccc(CC)cc4)ccc32)c1F. The summed E-state index contributed by atoms with van der Waals surface area (Å²) < 4.78 is 20.7. The van der Waals surface area contributed by atoms with Crippen molar-refractivity contribution in [1.29, 1.82) is 0 Å². The number of aryl methyl sites for hydroxylation is 2. The summed E-state index contributed by atoms with van der Waals surface area (Å²) >= 11 is 0. The van der Waals surface area contributed by atoms with Gasteiger partial charge in [0.15, 0.2) is 11.4 Å². The standard InChI is InChI=1S/C29H31FO2/c1-3-5-6-7-8-9-10-22-15-18-25-24-17-16-23(21-13-11-20(4-2)12-14-21)19-26(24)29(31)32-28(25)27(22)30/h11-19H,3-10H2,1-2H3. The quantitative estimate of drug-likeness (QED) is 0.152. The Bertz CT molecular complexity index is 1270. The number of rotatable bonds is 9. The topological polar surface area (TPSA) is 30.2 Å². The van der Waals surface area contributed by atoms with Gasteiger partial charge in [0.05, 0.1) is 5.39 Å². The molecule has 0 fully saturated rings. The largest absolute Gasteiger partial charge is 0.419 e. The number of hydrogen-bond acceptors (Lipinski definition) is 2. The highest BCUT2D eigenvalue weighted by Crippen LogP contribution is 2.30. The number of hydrogen-bond donors (Lipinski definition) is 0. The Kier molecular flexibility index (Phi) is 7.04. The van der Waals surface area contributed by atoms with Crippen molar-refractivity contribution >= 4 is 21.7 Å². The van der Waals surface area contributed by atoms with Crippen LogP contribution in [0.3, 0.4) is 0 Å². The number of fused-ring (bicyclic) bond motifs is 3. The van der Waals surface area contributed by atoms with Crippen LogP contribution in [0.5, 0.6) is 0 Å². The molecule has 0 atom stereocenters. The van der Waals surface area contributed by atoms with E-state index in [0.29, 0.717) is 22.8 Å². The van der Waals surface area contributed by atoms with E-state index >= 15 is 4.39 Å². The van der Waals surface area contributed by atoms with Gasteiger partial charge >= 0.3 is 5.63 Å². The fraction of sp³-hybridized carbons (Fsp3) is 0.345. The predicted molar refractivity (Wildman–Crippen MR) is 132 cm³/mol. The van der Waals surface area contributed by atoms with E-state index in [1.165, 1.54) is 31.2 Å². The maximum Gasteiger partial charge on any atom is 0.344 e. The van der Waals surface area contributed by atoms with Crippen LogP contribution < -0.4 is 5.63 Å². The Labute approximate surface area is 189 Å². The Morgan fingerprint density at radius 2 is 1.44 bits per heavy atom. The molecule has 0 saturated heterocycles. The number of unbranched alkanes of at least 4 members (excludes halogenated alkanes) is 5. The lowest BCUT2D eigenvalue weighted by molar-refractivity contribution is 0.521. The molecule has 3 heteroatoms. The van der Waals surface area contributed by atoms with Crippen molar-refractivity contribution in [3.8, 4) is 11.1 Å². The van der Waals surface area contributed by atoms with E-state index in [9.17, 15) is 4.79 Å². The maximum atomic E-state index is 15.2. The van der Waals surface area contributed by atoms with Crippen molar-refractivity contribution in [1.82, 2.24) is 0 Å². The van der Waals surface area contributed by atoms with Crippen molar-refractivity contribution in [2.45, 2.75) is 65.2 Å². The molecule has 4 aromatic rings. The molecule has 32 heavy (non-hydrogen) atoms. The summed E-state index contributed by atoms with van der Waals surface area (Å²) in [6.07, 6.45) is 8.61. The average Bonchev–Trinajstić information content (AvgIpc) is 2.83. The fourth-order valence-electron chi connectivity index (χ4n) is 4.41. The second-order valence-corrected chi connectivity index (χ2v) is 8.63. The van der Waals surface area contributed by atoms with Crippen molar-refractivity contribution < 1.29 is 8.81 Å². The molecule has 0 bridgehead atoms. The van der Waals surface area contributed by atoms with Crippen LogP contribution in [0.15, 0.2) is 63.8 Å². The lowest BCUT2D eigenvalue weighted by Crippen LogP contribution is -2.03. The van der Waals surface area contributed by atoms with E-state index in [0.717, 1.165) is 35.8 Å². The highest BCUT2D eigenvalue weighted by Gasteiger charge is 2.15. The predicted octanol–water partition coefficient (Wildman–Crippen LogP) is 8.22. The van der Waals surface area contributed by atoms with Crippen molar-refractivity contribution in [2.24, 2.45) is 0 Å². The molecule has 0 aliphatic heterocycles. The van der Waals surface area contributed by atoms with E-state index in [-0.39, 0.29) is 5.58 Å². The molecular formula is C29H31FO2. The molecule has 0 radical (unpaired) electrons. The van der Waals surface area contributed by atoms with Gasteiger partial charge < -0.3 is 4.42 Å². The third-order valence-corrected chi connectivity index (χ3v) is 6.40. The Morgan fingerprint density at radius 1 is 0.750 bits per heavy atom. The van der Waals surface area contributed by atoms with Gasteiger partial charge in [-0.25, -0.2) is 9.18 Å². The lowest BCUT2D eigenvalue weighted by atomic mass is 9.98. The fourth-order valence-corrected chi connectivity index (χ4v) is 4.41. The summed E-state index contributed by atoms with van der Waals surface area (Å²) in [4.78, 5) is 12.8. The molecule has 4 rings (SSSR count). The van der Waals surface area contributed by atoms with Gasteiger partial charge in [-0.3, -0.25) is 0 Å². The van der Waals surface area contributed by atoms with Crippen molar-refractivity contribution in [3.05, 3.63) is 82.0 Å². The van der Waals surface area contributed by atoms with E-state index < -0.39 is 11.4 Å². The minimum absolute atomic E-state index is 0.0750. The van der Waals surface area contributed by atoms with Crippen LogP contribution in [0, 0.1) is 5.82 Å². The van der Waals surface area contributed by atoms with Gasteiger partial charge in [-0.15, -0.1) is 0 Å². The number of benzene rings is 3. The second kappa shape index (κ2) is 10.1. The van der Waals surface area contributed by atoms with E-state index in [4.69, 9.17) is 4.42 Å². The first-order valence-corrected chi connectivity index (χ1v) is 11.9. The molecule has 2 nitrogen and oxygen atoms in total. The van der Waals surface area contributed by atoms with Gasteiger partial charge in [-0.2, -0.15) is 0 Å². The maximum absolute atomic E-state index is 15.2. The highest BCUT2D eigenvalue weighted by atomic mass is 19.1. The molecule has 0 aliphatic rings. The van der Waals surface area contributed by atoms with Gasteiger partial charge in [-0.05, 0) is 47.6 Å². The zero-order valence-electron chi connectivity index (χ0n) is 19.0. The summed E-state index contributed by atoms with van der Waals surface area (Å²) in [7, 11) is 0. The third-order valence-electron chi connectivity index (χ3n) is 6.40. The first kappa shape index (κ1) is 22.3. The van der Waals surface area contributed by atoms with Crippen LogP contribution in [0.25, 0.3) is 32.9 Å². The monoisotopic (exact) mass is 430 g/mol. The Morgan fingerprint density at radius 3 is 2.19 bits per heavy atom.